The second kappa shape index (κ2) is 7.03. The number of rotatable bonds is 2. The van der Waals surface area contributed by atoms with Gasteiger partial charge in [0.2, 0.25) is 0 Å². The predicted octanol–water partition coefficient (Wildman–Crippen LogP) is -1.10. The maximum atomic E-state index is 12.4. The quantitative estimate of drug-likeness (QED) is 0.524. The monoisotopic (exact) mass is 386 g/mol. The Bertz CT molecular complexity index is 696. The Morgan fingerprint density at radius 1 is 1.26 bits per heavy atom. The van der Waals surface area contributed by atoms with Crippen molar-refractivity contribution in [1.29, 1.82) is 0 Å². The van der Waals surface area contributed by atoms with E-state index < -0.39 is 29.5 Å². The van der Waals surface area contributed by atoms with Gasteiger partial charge in [-0.2, -0.15) is 0 Å². The van der Waals surface area contributed by atoms with Gasteiger partial charge in [0.05, 0.1) is 6.10 Å². The van der Waals surface area contributed by atoms with Crippen LogP contribution >= 0.6 is 0 Å². The molecule has 0 aromatic rings. The minimum Gasteiger partial charge on any atom is -1.00 e. The summed E-state index contributed by atoms with van der Waals surface area (Å²) in [6.45, 7) is 3.46. The first-order valence-electron chi connectivity index (χ1n) is 9.96. The summed E-state index contributed by atoms with van der Waals surface area (Å²) in [6, 6.07) is 0. The van der Waals surface area contributed by atoms with Gasteiger partial charge in [0.1, 0.15) is 12.2 Å². The molecule has 3 fully saturated rings. The van der Waals surface area contributed by atoms with E-state index in [1.54, 1.807) is 6.08 Å². The summed E-state index contributed by atoms with van der Waals surface area (Å²) in [5.74, 6) is 0.140. The molecular formula is C21H31NaO5. The number of aliphatic hydroxyl groups is 3. The van der Waals surface area contributed by atoms with E-state index in [1.807, 2.05) is 6.92 Å². The second-order valence-corrected chi connectivity index (χ2v) is 9.56. The Kier molecular flexibility index (Phi) is 5.64. The van der Waals surface area contributed by atoms with Gasteiger partial charge in [-0.1, -0.05) is 19.4 Å². The van der Waals surface area contributed by atoms with E-state index in [0.29, 0.717) is 19.3 Å². The minimum absolute atomic E-state index is 0. The van der Waals surface area contributed by atoms with E-state index in [9.17, 15) is 24.9 Å². The average Bonchev–Trinajstić information content (AvgIpc) is 2.86. The molecule has 27 heavy (non-hydrogen) atoms. The maximum Gasteiger partial charge on any atom is 1.00 e. The van der Waals surface area contributed by atoms with Crippen molar-refractivity contribution < 1.29 is 55.9 Å². The molecule has 0 radical (unpaired) electrons. The number of allylic oxidation sites excluding steroid dienone is 1. The minimum atomic E-state index is -1.54. The van der Waals surface area contributed by atoms with Crippen LogP contribution in [0.4, 0.5) is 0 Å². The van der Waals surface area contributed by atoms with E-state index in [-0.39, 0.29) is 59.9 Å². The number of fused-ring (bicyclic) bond motifs is 5. The van der Waals surface area contributed by atoms with Crippen LogP contribution in [0, 0.1) is 28.6 Å². The predicted molar refractivity (Wildman–Crippen MR) is 96.3 cm³/mol. The third-order valence-electron chi connectivity index (χ3n) is 8.65. The summed E-state index contributed by atoms with van der Waals surface area (Å²) in [5.41, 5.74) is -1.23. The van der Waals surface area contributed by atoms with Crippen molar-refractivity contribution in [2.45, 2.75) is 70.5 Å². The van der Waals surface area contributed by atoms with Crippen LogP contribution in [0.25, 0.3) is 0 Å². The number of ketones is 2. The number of carbonyl (C=O) groups is 2. The largest absolute Gasteiger partial charge is 1.00 e. The van der Waals surface area contributed by atoms with E-state index >= 15 is 0 Å². The van der Waals surface area contributed by atoms with Crippen molar-refractivity contribution >= 4 is 11.6 Å². The third-order valence-corrected chi connectivity index (χ3v) is 8.65. The fourth-order valence-corrected chi connectivity index (χ4v) is 7.28. The molecule has 0 heterocycles. The summed E-state index contributed by atoms with van der Waals surface area (Å²) in [7, 11) is 0. The van der Waals surface area contributed by atoms with Crippen molar-refractivity contribution in [2.75, 3.05) is 6.61 Å². The van der Waals surface area contributed by atoms with Gasteiger partial charge in [0.15, 0.2) is 11.6 Å². The SMILES string of the molecule is C[C@]12CCC(=O)C=C1CC[C@@H]1C3CC[C@](O)(C(=O)CO)[C@@]3(C)C[C@H](O)[C@H]12.[H-].[Na+]. The molecule has 0 saturated heterocycles. The van der Waals surface area contributed by atoms with Crippen LogP contribution in [0.5, 0.6) is 0 Å². The van der Waals surface area contributed by atoms with Crippen LogP contribution in [0.3, 0.4) is 0 Å². The van der Waals surface area contributed by atoms with Gasteiger partial charge in [0, 0.05) is 11.8 Å². The molecular weight excluding hydrogens is 355 g/mol. The van der Waals surface area contributed by atoms with Gasteiger partial charge in [-0.05, 0) is 67.8 Å². The van der Waals surface area contributed by atoms with E-state index in [4.69, 9.17) is 0 Å². The van der Waals surface area contributed by atoms with Crippen molar-refractivity contribution in [3.63, 3.8) is 0 Å². The van der Waals surface area contributed by atoms with Gasteiger partial charge >= 0.3 is 29.6 Å². The zero-order valence-corrected chi connectivity index (χ0v) is 18.7. The normalized spacial score (nSPS) is 48.6. The third kappa shape index (κ3) is 2.80. The fourth-order valence-electron chi connectivity index (χ4n) is 7.28. The Morgan fingerprint density at radius 2 is 1.96 bits per heavy atom. The number of Topliss-reactive ketones (excluding diaryl/α,β-unsaturated/α-hetero) is 1. The molecule has 5 nitrogen and oxygen atoms in total. The van der Waals surface area contributed by atoms with E-state index in [1.165, 1.54) is 5.57 Å². The first-order chi connectivity index (χ1) is 12.2. The zero-order valence-electron chi connectivity index (χ0n) is 17.7. The molecule has 0 bridgehead atoms. The summed E-state index contributed by atoms with van der Waals surface area (Å²) < 4.78 is 0. The molecule has 0 aromatic heterocycles. The molecule has 7 atom stereocenters. The van der Waals surface area contributed by atoms with Crippen molar-refractivity contribution in [3.05, 3.63) is 11.6 Å². The van der Waals surface area contributed by atoms with Crippen LogP contribution in [-0.4, -0.2) is 45.2 Å². The molecule has 0 aromatic carbocycles. The molecule has 0 aliphatic heterocycles. The molecule has 4 aliphatic rings. The average molecular weight is 386 g/mol. The first kappa shape index (κ1) is 21.7. The van der Waals surface area contributed by atoms with Gasteiger partial charge in [-0.15, -0.1) is 0 Å². The van der Waals surface area contributed by atoms with Crippen LogP contribution in [-0.2, 0) is 9.59 Å². The van der Waals surface area contributed by atoms with Gasteiger partial charge < -0.3 is 16.7 Å². The number of carbonyl (C=O) groups excluding carboxylic acids is 2. The second-order valence-electron chi connectivity index (χ2n) is 9.56. The van der Waals surface area contributed by atoms with Gasteiger partial charge in [-0.3, -0.25) is 9.59 Å². The summed E-state index contributed by atoms with van der Waals surface area (Å²) in [6.07, 6.45) is 5.74. The Balaban J connectivity index is 0.00000140. The summed E-state index contributed by atoms with van der Waals surface area (Å²) >= 11 is 0. The standard InChI is InChI=1S/C21H30O5.Na.H/c1-19-7-5-13(23)9-12(19)3-4-14-15-6-8-21(26,17(25)11-22)20(15,2)10-16(24)18(14)19;;/h9,14-16,18,22,24,26H,3-8,10-11H2,1-2H3;;/q;+1;-1/t14-,15?,16+,18+,19+,20+,21+;;/m1../s1. The van der Waals surface area contributed by atoms with Gasteiger partial charge in [-0.25, -0.2) is 0 Å². The van der Waals surface area contributed by atoms with Crippen molar-refractivity contribution in [3.8, 4) is 0 Å². The number of hydrogen-bond acceptors (Lipinski definition) is 5. The molecule has 6 heteroatoms. The molecule has 0 amide bonds. The Morgan fingerprint density at radius 3 is 2.63 bits per heavy atom. The van der Waals surface area contributed by atoms with Gasteiger partial charge in [0.25, 0.3) is 0 Å². The van der Waals surface area contributed by atoms with Crippen molar-refractivity contribution in [1.82, 2.24) is 0 Å². The van der Waals surface area contributed by atoms with Crippen molar-refractivity contribution in [2.24, 2.45) is 28.6 Å². The number of hydrogen-bond donors (Lipinski definition) is 3. The fraction of sp³-hybridized carbons (Fsp3) is 0.810. The van der Waals surface area contributed by atoms with Crippen LogP contribution in [0.15, 0.2) is 11.6 Å². The van der Waals surface area contributed by atoms with Crippen LogP contribution < -0.4 is 29.6 Å². The van der Waals surface area contributed by atoms with Crippen LogP contribution in [0.2, 0.25) is 0 Å². The van der Waals surface area contributed by atoms with Crippen LogP contribution in [0.1, 0.15) is 60.2 Å². The molecule has 4 aliphatic carbocycles. The Hall–Kier alpha value is -0.0400. The topological polar surface area (TPSA) is 94.8 Å². The summed E-state index contributed by atoms with van der Waals surface area (Å²) in [4.78, 5) is 24.3. The van der Waals surface area contributed by atoms with E-state index in [2.05, 4.69) is 6.92 Å². The molecule has 1 unspecified atom stereocenters. The van der Waals surface area contributed by atoms with E-state index in [0.717, 1.165) is 25.7 Å². The summed E-state index contributed by atoms with van der Waals surface area (Å²) in [5, 5.41) is 31.7. The maximum absolute atomic E-state index is 12.4. The molecule has 0 spiro atoms. The first-order valence-corrected chi connectivity index (χ1v) is 9.96. The smallest absolute Gasteiger partial charge is 1.00 e. The molecule has 146 valence electrons. The zero-order chi connectivity index (χ0) is 18.9. The number of aliphatic hydroxyl groups excluding tert-OH is 2. The molecule has 4 rings (SSSR count). The molecule has 3 N–H and O–H groups in total. The molecule has 3 saturated carbocycles. The Labute approximate surface area is 184 Å².